The highest BCUT2D eigenvalue weighted by Crippen LogP contribution is 2.57. The summed E-state index contributed by atoms with van der Waals surface area (Å²) in [5.74, 6) is -0.264. The van der Waals surface area contributed by atoms with E-state index in [-0.39, 0.29) is 0 Å². The van der Waals surface area contributed by atoms with E-state index < -0.39 is 27.1 Å². The first-order valence-corrected chi connectivity index (χ1v) is 12.3. The molecule has 1 aromatic rings. The van der Waals surface area contributed by atoms with E-state index in [9.17, 15) is 18.9 Å². The van der Waals surface area contributed by atoms with Gasteiger partial charge in [-0.25, -0.2) is 5.09 Å². The average Bonchev–Trinajstić information content (AvgIpc) is 2.92. The molecule has 3 rings (SSSR count). The Morgan fingerprint density at radius 3 is 2.73 bits per heavy atom. The maximum atomic E-state index is 12.6. The molecule has 9 heteroatoms. The van der Waals surface area contributed by atoms with Crippen LogP contribution >= 0.6 is 15.1 Å². The van der Waals surface area contributed by atoms with Gasteiger partial charge >= 0.3 is 7.60 Å². The summed E-state index contributed by atoms with van der Waals surface area (Å²) in [6.45, 7) is 3.99. The lowest BCUT2D eigenvalue weighted by atomic mass is 9.98. The minimum atomic E-state index is -4.11. The largest absolute Gasteiger partial charge is 0.373 e. The van der Waals surface area contributed by atoms with Crippen LogP contribution in [-0.4, -0.2) is 40.8 Å². The number of nitrogens with zero attached hydrogens (tertiary/aromatic N) is 1. The first-order valence-electron chi connectivity index (χ1n) is 8.73. The highest BCUT2D eigenvalue weighted by atomic mass is 31.2. The van der Waals surface area contributed by atoms with Crippen LogP contribution in [-0.2, 0) is 13.7 Å². The Morgan fingerprint density at radius 2 is 2.04 bits per heavy atom. The molecule has 144 valence electrons. The van der Waals surface area contributed by atoms with E-state index in [1.165, 1.54) is 6.42 Å². The van der Waals surface area contributed by atoms with Crippen molar-refractivity contribution in [1.29, 1.82) is 0 Å². The van der Waals surface area contributed by atoms with Crippen molar-refractivity contribution in [3.8, 4) is 0 Å². The summed E-state index contributed by atoms with van der Waals surface area (Å²) in [5.41, 5.74) is 2.84. The van der Waals surface area contributed by atoms with Gasteiger partial charge in [-0.2, -0.15) is 0 Å². The monoisotopic (exact) mass is 400 g/mol. The average molecular weight is 400 g/mol. The highest BCUT2D eigenvalue weighted by Gasteiger charge is 2.38. The van der Waals surface area contributed by atoms with Gasteiger partial charge in [0.2, 0.25) is 0 Å². The summed E-state index contributed by atoms with van der Waals surface area (Å²) in [6.07, 6.45) is 4.29. The topological polar surface area (TPSA) is 99.1 Å². The SMILES string of the molecule is COP(=O)(O)CP(=O)(O)NC1C(N2CCCC(C)C2)=Cc2ccccc21. The van der Waals surface area contributed by atoms with Crippen molar-refractivity contribution in [2.45, 2.75) is 25.8 Å². The van der Waals surface area contributed by atoms with E-state index in [1.807, 2.05) is 30.3 Å². The lowest BCUT2D eigenvalue weighted by Crippen LogP contribution is -2.37. The van der Waals surface area contributed by atoms with Crippen LogP contribution in [0.25, 0.3) is 6.08 Å². The number of benzene rings is 1. The summed E-state index contributed by atoms with van der Waals surface area (Å²) in [4.78, 5) is 22.2. The summed E-state index contributed by atoms with van der Waals surface area (Å²) in [7, 11) is -7.14. The van der Waals surface area contributed by atoms with Gasteiger partial charge in [0.25, 0.3) is 7.52 Å². The van der Waals surface area contributed by atoms with Crippen molar-refractivity contribution >= 4 is 21.2 Å². The first-order chi connectivity index (χ1) is 12.2. The molecule has 1 fully saturated rings. The van der Waals surface area contributed by atoms with Crippen LogP contribution < -0.4 is 5.09 Å². The van der Waals surface area contributed by atoms with Crippen molar-refractivity contribution < 1.29 is 23.4 Å². The molecule has 1 aromatic carbocycles. The molecule has 3 N–H and O–H groups in total. The van der Waals surface area contributed by atoms with Gasteiger partial charge in [0.05, 0.1) is 6.04 Å². The Morgan fingerprint density at radius 1 is 1.31 bits per heavy atom. The van der Waals surface area contributed by atoms with Crippen LogP contribution in [0, 0.1) is 5.92 Å². The summed E-state index contributed by atoms with van der Waals surface area (Å²) >= 11 is 0. The molecule has 0 saturated carbocycles. The third kappa shape index (κ3) is 4.48. The molecule has 1 heterocycles. The zero-order valence-corrected chi connectivity index (χ0v) is 16.8. The van der Waals surface area contributed by atoms with E-state index in [0.29, 0.717) is 5.92 Å². The molecule has 4 atom stereocenters. The van der Waals surface area contributed by atoms with Crippen molar-refractivity contribution in [1.82, 2.24) is 9.99 Å². The van der Waals surface area contributed by atoms with Crippen LogP contribution in [0.3, 0.4) is 0 Å². The Kier molecular flexibility index (Phi) is 5.78. The van der Waals surface area contributed by atoms with E-state index in [2.05, 4.69) is 21.4 Å². The Labute approximate surface area is 154 Å². The van der Waals surface area contributed by atoms with Gasteiger partial charge < -0.3 is 19.2 Å². The van der Waals surface area contributed by atoms with Gasteiger partial charge in [0.1, 0.15) is 5.90 Å². The van der Waals surface area contributed by atoms with E-state index in [1.54, 1.807) is 0 Å². The number of piperidine rings is 1. The van der Waals surface area contributed by atoms with Gasteiger partial charge in [-0.1, -0.05) is 31.2 Å². The van der Waals surface area contributed by atoms with E-state index >= 15 is 0 Å². The van der Waals surface area contributed by atoms with Crippen LogP contribution in [0.2, 0.25) is 0 Å². The van der Waals surface area contributed by atoms with Crippen LogP contribution in [0.15, 0.2) is 30.0 Å². The van der Waals surface area contributed by atoms with Crippen LogP contribution in [0.4, 0.5) is 0 Å². The lowest BCUT2D eigenvalue weighted by Gasteiger charge is -2.37. The fourth-order valence-electron chi connectivity index (χ4n) is 3.68. The molecule has 1 saturated heterocycles. The van der Waals surface area contributed by atoms with E-state index in [4.69, 9.17) is 0 Å². The van der Waals surface area contributed by atoms with Crippen LogP contribution in [0.1, 0.15) is 36.9 Å². The fourth-order valence-corrected chi connectivity index (χ4v) is 7.08. The predicted octanol–water partition coefficient (Wildman–Crippen LogP) is 3.38. The van der Waals surface area contributed by atoms with E-state index in [0.717, 1.165) is 43.4 Å². The number of nitrogens with one attached hydrogen (secondary N) is 1. The molecule has 4 unspecified atom stereocenters. The minimum Gasteiger partial charge on any atom is -0.373 e. The molecule has 0 radical (unpaired) electrons. The van der Waals surface area contributed by atoms with Gasteiger partial charge in [-0.3, -0.25) is 9.13 Å². The van der Waals surface area contributed by atoms with Gasteiger partial charge in [-0.15, -0.1) is 0 Å². The fraction of sp³-hybridized carbons (Fsp3) is 0.529. The molecule has 0 bridgehead atoms. The third-order valence-electron chi connectivity index (χ3n) is 4.91. The smallest absolute Gasteiger partial charge is 0.338 e. The zero-order chi connectivity index (χ0) is 18.9. The highest BCUT2D eigenvalue weighted by molar-refractivity contribution is 7.71. The summed E-state index contributed by atoms with van der Waals surface area (Å²) < 4.78 is 28.9. The maximum Gasteiger partial charge on any atom is 0.338 e. The second-order valence-corrected chi connectivity index (χ2v) is 11.5. The van der Waals surface area contributed by atoms with Gasteiger partial charge in [-0.05, 0) is 36.0 Å². The standard InChI is InChI=1S/C17H26N2O5P2/c1-13-6-5-9-19(11-13)16-10-14-7-3-4-8-15(14)17(16)18-25(20,21)12-26(22,23)24-2/h3-4,7-8,10,13,17H,5-6,9,11-12H2,1-2H3,(H,22,23)(H2,18,20,21). The molecule has 26 heavy (non-hydrogen) atoms. The Bertz CT molecular complexity index is 797. The van der Waals surface area contributed by atoms with Crippen LogP contribution in [0.5, 0.6) is 0 Å². The molecule has 0 amide bonds. The number of hydrogen-bond acceptors (Lipinski definition) is 4. The van der Waals surface area contributed by atoms with Crippen molar-refractivity contribution in [3.05, 3.63) is 41.1 Å². The normalized spacial score (nSPS) is 27.4. The van der Waals surface area contributed by atoms with Gasteiger partial charge in [0, 0.05) is 25.9 Å². The molecule has 1 aliphatic heterocycles. The number of fused-ring (bicyclic) bond motifs is 1. The van der Waals surface area contributed by atoms with Crippen molar-refractivity contribution in [3.63, 3.8) is 0 Å². The second kappa shape index (κ2) is 7.59. The predicted molar refractivity (Wildman–Crippen MR) is 102 cm³/mol. The third-order valence-corrected chi connectivity index (χ3v) is 9.11. The summed E-state index contributed by atoms with van der Waals surface area (Å²) in [5, 5.41) is 2.75. The quantitative estimate of drug-likeness (QED) is 0.630. The molecular formula is C17H26N2O5P2. The molecule has 0 spiro atoms. The number of likely N-dealkylation sites (tertiary alicyclic amines) is 1. The number of hydrogen-bond donors (Lipinski definition) is 3. The molecular weight excluding hydrogens is 374 g/mol. The summed E-state index contributed by atoms with van der Waals surface area (Å²) in [6, 6.07) is 7.22. The molecule has 2 aliphatic rings. The second-order valence-electron chi connectivity index (χ2n) is 7.12. The lowest BCUT2D eigenvalue weighted by molar-refractivity contribution is 0.218. The first kappa shape index (κ1) is 19.8. The molecule has 0 aromatic heterocycles. The zero-order valence-electron chi connectivity index (χ0n) is 15.0. The Hall–Kier alpha value is -0.940. The molecule has 7 nitrogen and oxygen atoms in total. The van der Waals surface area contributed by atoms with Crippen molar-refractivity contribution in [2.75, 3.05) is 26.1 Å². The Balaban J connectivity index is 1.88. The molecule has 1 aliphatic carbocycles. The maximum absolute atomic E-state index is 12.6. The number of rotatable bonds is 6. The van der Waals surface area contributed by atoms with Gasteiger partial charge in [0.15, 0.2) is 0 Å². The van der Waals surface area contributed by atoms with Crippen molar-refractivity contribution in [2.24, 2.45) is 5.92 Å². The minimum absolute atomic E-state index is 0.482.